The summed E-state index contributed by atoms with van der Waals surface area (Å²) in [5.74, 6) is 0. The fourth-order valence-corrected chi connectivity index (χ4v) is 4.38. The molecule has 2 aromatic rings. The van der Waals surface area contributed by atoms with E-state index in [0.29, 0.717) is 0 Å². The molecule has 0 bridgehead atoms. The highest BCUT2D eigenvalue weighted by atomic mass is 35.5. The van der Waals surface area contributed by atoms with Gasteiger partial charge < -0.3 is 4.90 Å². The average Bonchev–Trinajstić information content (AvgIpc) is 2.73. The average molecular weight is 432 g/mol. The summed E-state index contributed by atoms with van der Waals surface area (Å²) in [5.41, 5.74) is 1.53. The van der Waals surface area contributed by atoms with Gasteiger partial charge in [0.2, 0.25) is 0 Å². The summed E-state index contributed by atoms with van der Waals surface area (Å²) in [6.07, 6.45) is 21.2. The highest BCUT2D eigenvalue weighted by Gasteiger charge is 2.00. The molecular weight excluding hydrogens is 386 g/mol. The molecule has 2 rings (SSSR count). The zero-order chi connectivity index (χ0) is 20.6. The third kappa shape index (κ3) is 12.0. The van der Waals surface area contributed by atoms with E-state index in [1.165, 1.54) is 119 Å². The van der Waals surface area contributed by atoms with Gasteiger partial charge in [0.25, 0.3) is 0 Å². The van der Waals surface area contributed by atoms with Crippen LogP contribution in [0.3, 0.4) is 0 Å². The minimum absolute atomic E-state index is 0. The van der Waals surface area contributed by atoms with Crippen LogP contribution in [0.25, 0.3) is 10.8 Å². The second-order valence-corrected chi connectivity index (χ2v) is 9.14. The largest absolute Gasteiger partial charge is 0.309 e. The zero-order valence-corrected chi connectivity index (χ0v) is 20.5. The summed E-state index contributed by atoms with van der Waals surface area (Å²) >= 11 is 0. The van der Waals surface area contributed by atoms with Gasteiger partial charge in [-0.3, -0.25) is 0 Å². The second-order valence-electron chi connectivity index (χ2n) is 9.14. The number of unbranched alkanes of at least 4 members (excludes halogenated alkanes) is 13. The normalized spacial score (nSPS) is 11.2. The Morgan fingerprint density at radius 1 is 0.533 bits per heavy atom. The van der Waals surface area contributed by atoms with Crippen molar-refractivity contribution in [2.24, 2.45) is 0 Å². The number of nitrogens with zero attached hydrogens (tertiary/aromatic N) is 1. The third-order valence-corrected chi connectivity index (χ3v) is 6.18. The lowest BCUT2D eigenvalue weighted by atomic mass is 9.99. The number of aryl methyl sites for hydroxylation is 1. The molecule has 2 aromatic carbocycles. The van der Waals surface area contributed by atoms with Gasteiger partial charge in [-0.15, -0.1) is 12.4 Å². The molecule has 1 nitrogen and oxygen atoms in total. The minimum atomic E-state index is 0. The van der Waals surface area contributed by atoms with Crippen LogP contribution in [0.4, 0.5) is 0 Å². The topological polar surface area (TPSA) is 3.24 Å². The summed E-state index contributed by atoms with van der Waals surface area (Å²) < 4.78 is 0. The predicted octanol–water partition coefficient (Wildman–Crippen LogP) is 8.83. The third-order valence-electron chi connectivity index (χ3n) is 6.18. The Morgan fingerprint density at radius 3 is 1.57 bits per heavy atom. The van der Waals surface area contributed by atoms with E-state index in [2.05, 4.69) is 61.5 Å². The lowest BCUT2D eigenvalue weighted by molar-refractivity contribution is 0.389. The highest BCUT2D eigenvalue weighted by molar-refractivity contribution is 5.85. The lowest BCUT2D eigenvalue weighted by Gasteiger charge is -2.08. The number of benzene rings is 2. The van der Waals surface area contributed by atoms with Crippen molar-refractivity contribution in [1.82, 2.24) is 4.90 Å². The monoisotopic (exact) mass is 431 g/mol. The molecule has 0 fully saturated rings. The first-order chi connectivity index (χ1) is 14.3. The number of halogens is 1. The maximum atomic E-state index is 2.31. The Balaban J connectivity index is 0.00000450. The molecule has 0 saturated heterocycles. The molecule has 0 unspecified atom stereocenters. The maximum Gasteiger partial charge on any atom is -0.00248 e. The van der Waals surface area contributed by atoms with Crippen LogP contribution < -0.4 is 0 Å². The number of rotatable bonds is 17. The molecular formula is C28H46ClN. The molecule has 0 atom stereocenters. The van der Waals surface area contributed by atoms with Crippen LogP contribution in [0.5, 0.6) is 0 Å². The maximum absolute atomic E-state index is 2.31. The van der Waals surface area contributed by atoms with E-state index in [-0.39, 0.29) is 12.4 Å². The molecule has 2 heteroatoms. The summed E-state index contributed by atoms with van der Waals surface area (Å²) in [4.78, 5) is 2.30. The van der Waals surface area contributed by atoms with Crippen molar-refractivity contribution in [1.29, 1.82) is 0 Å². The van der Waals surface area contributed by atoms with Gasteiger partial charge in [-0.1, -0.05) is 120 Å². The highest BCUT2D eigenvalue weighted by Crippen LogP contribution is 2.21. The van der Waals surface area contributed by atoms with Gasteiger partial charge in [-0.25, -0.2) is 0 Å². The molecule has 0 N–H and O–H groups in total. The summed E-state index contributed by atoms with van der Waals surface area (Å²) in [6, 6.07) is 15.6. The molecule has 0 amide bonds. The van der Waals surface area contributed by atoms with Crippen molar-refractivity contribution in [3.63, 3.8) is 0 Å². The number of hydrogen-bond acceptors (Lipinski definition) is 1. The first-order valence-electron chi connectivity index (χ1n) is 12.4. The van der Waals surface area contributed by atoms with Gasteiger partial charge >= 0.3 is 0 Å². The fourth-order valence-electron chi connectivity index (χ4n) is 4.38. The van der Waals surface area contributed by atoms with Crippen LogP contribution >= 0.6 is 12.4 Å². The smallest absolute Gasteiger partial charge is 0.00248 e. The van der Waals surface area contributed by atoms with Gasteiger partial charge in [-0.2, -0.15) is 0 Å². The first-order valence-corrected chi connectivity index (χ1v) is 12.4. The predicted molar refractivity (Wildman–Crippen MR) is 138 cm³/mol. The van der Waals surface area contributed by atoms with Crippen molar-refractivity contribution >= 4 is 23.2 Å². The van der Waals surface area contributed by atoms with Crippen LogP contribution in [-0.2, 0) is 6.42 Å². The molecule has 0 saturated carbocycles. The van der Waals surface area contributed by atoms with Gasteiger partial charge in [0.05, 0.1) is 0 Å². The van der Waals surface area contributed by atoms with Crippen LogP contribution in [0.1, 0.15) is 95.5 Å². The van der Waals surface area contributed by atoms with Gasteiger partial charge in [0.1, 0.15) is 0 Å². The minimum Gasteiger partial charge on any atom is -0.309 e. The second kappa shape index (κ2) is 17.6. The van der Waals surface area contributed by atoms with E-state index in [1.807, 2.05) is 0 Å². The Bertz CT molecular complexity index is 647. The van der Waals surface area contributed by atoms with E-state index in [9.17, 15) is 0 Å². The molecule has 0 heterocycles. The summed E-state index contributed by atoms with van der Waals surface area (Å²) in [6.45, 7) is 1.25. The van der Waals surface area contributed by atoms with Crippen molar-refractivity contribution in [3.05, 3.63) is 48.0 Å². The standard InChI is InChI=1S/C28H45N.ClH/c1-29(2)25-18-14-12-10-8-6-4-3-5-7-9-11-13-15-20-26-22-19-23-27-21-16-17-24-28(26)27;/h16-17,19,21-24H,3-15,18,20,25H2,1-2H3;1H. The Labute approximate surface area is 193 Å². The molecule has 30 heavy (non-hydrogen) atoms. The number of fused-ring (bicyclic) bond motifs is 1. The van der Waals surface area contributed by atoms with Gasteiger partial charge in [0, 0.05) is 0 Å². The van der Waals surface area contributed by atoms with Crippen molar-refractivity contribution in [3.8, 4) is 0 Å². The van der Waals surface area contributed by atoms with Crippen molar-refractivity contribution in [2.75, 3.05) is 20.6 Å². The van der Waals surface area contributed by atoms with Crippen LogP contribution in [0, 0.1) is 0 Å². The van der Waals surface area contributed by atoms with E-state index in [4.69, 9.17) is 0 Å². The molecule has 0 radical (unpaired) electrons. The Hall–Kier alpha value is -1.05. The Morgan fingerprint density at radius 2 is 1.00 bits per heavy atom. The van der Waals surface area contributed by atoms with Crippen LogP contribution in [0.15, 0.2) is 42.5 Å². The fraction of sp³-hybridized carbons (Fsp3) is 0.643. The molecule has 0 spiro atoms. The van der Waals surface area contributed by atoms with Crippen LogP contribution in [-0.4, -0.2) is 25.5 Å². The summed E-state index contributed by atoms with van der Waals surface area (Å²) in [7, 11) is 4.35. The quantitative estimate of drug-likeness (QED) is 0.226. The Kier molecular flexibility index (Phi) is 15.8. The van der Waals surface area contributed by atoms with Crippen molar-refractivity contribution in [2.45, 2.75) is 96.3 Å². The van der Waals surface area contributed by atoms with Crippen LogP contribution in [0.2, 0.25) is 0 Å². The molecule has 0 aliphatic carbocycles. The molecule has 0 aliphatic heterocycles. The first kappa shape index (κ1) is 27.0. The van der Waals surface area contributed by atoms with E-state index >= 15 is 0 Å². The van der Waals surface area contributed by atoms with Gasteiger partial charge in [0.15, 0.2) is 0 Å². The van der Waals surface area contributed by atoms with Crippen molar-refractivity contribution < 1.29 is 0 Å². The lowest BCUT2D eigenvalue weighted by Crippen LogP contribution is -2.12. The summed E-state index contributed by atoms with van der Waals surface area (Å²) in [5, 5.41) is 2.83. The molecule has 170 valence electrons. The van der Waals surface area contributed by atoms with E-state index in [1.54, 1.807) is 0 Å². The molecule has 0 aromatic heterocycles. The van der Waals surface area contributed by atoms with E-state index in [0.717, 1.165) is 0 Å². The van der Waals surface area contributed by atoms with Gasteiger partial charge in [-0.05, 0) is 56.2 Å². The molecule has 0 aliphatic rings. The zero-order valence-electron chi connectivity index (χ0n) is 19.7. The SMILES string of the molecule is CN(C)CCCCCCCCCCCCCCCCc1cccc2ccccc12.Cl. The van der Waals surface area contributed by atoms with E-state index < -0.39 is 0 Å². The number of hydrogen-bond donors (Lipinski definition) is 0.